The number of amides is 1. The molecular weight excluding hydrogens is 364 g/mol. The maximum Gasteiger partial charge on any atom is 0.223 e. The van der Waals surface area contributed by atoms with Crippen LogP contribution in [-0.4, -0.2) is 36.6 Å². The van der Waals surface area contributed by atoms with E-state index in [0.717, 1.165) is 37.3 Å². The van der Waals surface area contributed by atoms with Crippen molar-refractivity contribution >= 4 is 18.3 Å². The third-order valence-electron chi connectivity index (χ3n) is 6.37. The Morgan fingerprint density at radius 3 is 2.52 bits per heavy atom. The zero-order valence-corrected chi connectivity index (χ0v) is 17.1. The quantitative estimate of drug-likeness (QED) is 0.848. The first kappa shape index (κ1) is 20.3. The summed E-state index contributed by atoms with van der Waals surface area (Å²) in [5.41, 5.74) is 8.55. The number of rotatable bonds is 3. The fraction of sp³-hybridized carbons (Fsp3) is 0.667. The number of benzene rings is 1. The summed E-state index contributed by atoms with van der Waals surface area (Å²) in [4.78, 5) is 15.1. The van der Waals surface area contributed by atoms with E-state index in [2.05, 4.69) is 24.0 Å². The average Bonchev–Trinajstić information content (AvgIpc) is 3.11. The molecule has 0 aromatic heterocycles. The summed E-state index contributed by atoms with van der Waals surface area (Å²) in [6, 6.07) is 4.45. The summed E-state index contributed by atoms with van der Waals surface area (Å²) < 4.78 is 11.7. The third-order valence-corrected chi connectivity index (χ3v) is 6.37. The van der Waals surface area contributed by atoms with E-state index in [9.17, 15) is 4.79 Å². The van der Waals surface area contributed by atoms with Crippen molar-refractivity contribution in [3.8, 4) is 11.5 Å². The van der Waals surface area contributed by atoms with Crippen molar-refractivity contribution < 1.29 is 14.3 Å². The number of carbonyl (C=O) groups excluding carboxylic acids is 1. The molecule has 2 unspecified atom stereocenters. The number of nitrogens with two attached hydrogens (primary N) is 1. The molecule has 27 heavy (non-hydrogen) atoms. The van der Waals surface area contributed by atoms with Gasteiger partial charge in [-0.3, -0.25) is 4.79 Å². The van der Waals surface area contributed by atoms with Crippen LogP contribution in [0.4, 0.5) is 0 Å². The Morgan fingerprint density at radius 2 is 1.89 bits per heavy atom. The Bertz CT molecular complexity index is 701. The van der Waals surface area contributed by atoms with E-state index in [0.29, 0.717) is 19.6 Å². The van der Waals surface area contributed by atoms with Gasteiger partial charge in [0.15, 0.2) is 11.5 Å². The van der Waals surface area contributed by atoms with E-state index in [1.807, 2.05) is 6.92 Å². The van der Waals surface area contributed by atoms with Gasteiger partial charge in [-0.15, -0.1) is 12.4 Å². The lowest BCUT2D eigenvalue weighted by molar-refractivity contribution is -0.135. The van der Waals surface area contributed by atoms with Gasteiger partial charge in [0.2, 0.25) is 5.91 Å². The highest BCUT2D eigenvalue weighted by atomic mass is 35.5. The van der Waals surface area contributed by atoms with Gasteiger partial charge < -0.3 is 20.1 Å². The van der Waals surface area contributed by atoms with Crippen molar-refractivity contribution in [3.05, 3.63) is 23.3 Å². The van der Waals surface area contributed by atoms with Gasteiger partial charge in [0.1, 0.15) is 13.2 Å². The molecule has 5 nitrogen and oxygen atoms in total. The predicted molar refractivity (Wildman–Crippen MR) is 108 cm³/mol. The Balaban J connectivity index is 0.00000210. The lowest BCUT2D eigenvalue weighted by Crippen LogP contribution is -2.48. The first-order valence-electron chi connectivity index (χ1n) is 9.99. The molecule has 1 saturated carbocycles. The highest BCUT2D eigenvalue weighted by molar-refractivity contribution is 5.85. The van der Waals surface area contributed by atoms with Crippen molar-refractivity contribution in [2.75, 3.05) is 19.8 Å². The van der Waals surface area contributed by atoms with Crippen LogP contribution in [0.5, 0.6) is 11.5 Å². The van der Waals surface area contributed by atoms with Crippen LogP contribution in [0, 0.1) is 0 Å². The van der Waals surface area contributed by atoms with Gasteiger partial charge in [-0.1, -0.05) is 12.8 Å². The Morgan fingerprint density at radius 1 is 1.26 bits per heavy atom. The monoisotopic (exact) mass is 394 g/mol. The zero-order chi connectivity index (χ0) is 18.3. The van der Waals surface area contributed by atoms with Gasteiger partial charge in [-0.25, -0.2) is 0 Å². The van der Waals surface area contributed by atoms with Crippen LogP contribution in [0.1, 0.15) is 69.5 Å². The van der Waals surface area contributed by atoms with Crippen molar-refractivity contribution in [1.29, 1.82) is 0 Å². The van der Waals surface area contributed by atoms with Crippen LogP contribution >= 0.6 is 12.4 Å². The number of ether oxygens (including phenoxy) is 2. The van der Waals surface area contributed by atoms with Crippen LogP contribution < -0.4 is 15.2 Å². The number of fused-ring (bicyclic) bond motifs is 3. The molecule has 1 fully saturated rings. The fourth-order valence-corrected chi connectivity index (χ4v) is 4.90. The van der Waals surface area contributed by atoms with Gasteiger partial charge in [-0.2, -0.15) is 0 Å². The van der Waals surface area contributed by atoms with Crippen LogP contribution in [0.2, 0.25) is 0 Å². The second-order valence-electron chi connectivity index (χ2n) is 8.28. The summed E-state index contributed by atoms with van der Waals surface area (Å²) in [6.07, 6.45) is 6.00. The Labute approximate surface area is 168 Å². The molecule has 1 aromatic carbocycles. The molecule has 1 spiro atoms. The lowest BCUT2D eigenvalue weighted by atomic mass is 9.71. The number of hydrogen-bond acceptors (Lipinski definition) is 4. The average molecular weight is 395 g/mol. The van der Waals surface area contributed by atoms with Gasteiger partial charge in [0, 0.05) is 24.4 Å². The summed E-state index contributed by atoms with van der Waals surface area (Å²) >= 11 is 0. The van der Waals surface area contributed by atoms with Crippen LogP contribution in [-0.2, 0) is 10.2 Å². The molecular formula is C21H31ClN2O3. The fourth-order valence-electron chi connectivity index (χ4n) is 4.90. The molecule has 0 bridgehead atoms. The maximum atomic E-state index is 13.0. The SMILES string of the molecule is CC(N)CCC(=O)N1CC2(CCCC2)c2cc3c(cc2C1C)OCCO3.Cl. The van der Waals surface area contributed by atoms with Crippen molar-refractivity contribution in [3.63, 3.8) is 0 Å². The largest absolute Gasteiger partial charge is 0.486 e. The highest BCUT2D eigenvalue weighted by Gasteiger charge is 2.46. The molecule has 4 rings (SSSR count). The number of hydrogen-bond donors (Lipinski definition) is 1. The van der Waals surface area contributed by atoms with E-state index in [1.165, 1.54) is 24.0 Å². The number of nitrogens with zero attached hydrogens (tertiary/aromatic N) is 1. The molecule has 1 amide bonds. The highest BCUT2D eigenvalue weighted by Crippen LogP contribution is 2.52. The van der Waals surface area contributed by atoms with E-state index in [1.54, 1.807) is 0 Å². The summed E-state index contributed by atoms with van der Waals surface area (Å²) in [5, 5.41) is 0. The minimum absolute atomic E-state index is 0. The Hall–Kier alpha value is -1.46. The minimum atomic E-state index is 0. The summed E-state index contributed by atoms with van der Waals surface area (Å²) in [7, 11) is 0. The van der Waals surface area contributed by atoms with E-state index in [4.69, 9.17) is 15.2 Å². The molecule has 1 aromatic rings. The second-order valence-corrected chi connectivity index (χ2v) is 8.28. The first-order valence-corrected chi connectivity index (χ1v) is 9.99. The topological polar surface area (TPSA) is 64.8 Å². The number of halogens is 1. The van der Waals surface area contributed by atoms with Crippen molar-refractivity contribution in [2.24, 2.45) is 5.73 Å². The molecule has 0 saturated heterocycles. The molecule has 2 aliphatic heterocycles. The van der Waals surface area contributed by atoms with Gasteiger partial charge in [0.05, 0.1) is 6.04 Å². The maximum absolute atomic E-state index is 13.0. The van der Waals surface area contributed by atoms with Crippen molar-refractivity contribution in [1.82, 2.24) is 4.90 Å². The predicted octanol–water partition coefficient (Wildman–Crippen LogP) is 3.72. The molecule has 3 aliphatic rings. The zero-order valence-electron chi connectivity index (χ0n) is 16.3. The Kier molecular flexibility index (Phi) is 5.92. The normalized spacial score (nSPS) is 23.5. The van der Waals surface area contributed by atoms with E-state index < -0.39 is 0 Å². The van der Waals surface area contributed by atoms with Crippen molar-refractivity contribution in [2.45, 2.75) is 69.9 Å². The van der Waals surface area contributed by atoms with Crippen LogP contribution in [0.3, 0.4) is 0 Å². The molecule has 1 aliphatic carbocycles. The summed E-state index contributed by atoms with van der Waals surface area (Å²) in [6.45, 7) is 6.11. The van der Waals surface area contributed by atoms with Crippen LogP contribution in [0.15, 0.2) is 12.1 Å². The summed E-state index contributed by atoms with van der Waals surface area (Å²) in [5.74, 6) is 1.91. The molecule has 6 heteroatoms. The second kappa shape index (κ2) is 7.88. The minimum Gasteiger partial charge on any atom is -0.486 e. The van der Waals surface area contributed by atoms with E-state index >= 15 is 0 Å². The third kappa shape index (κ3) is 3.64. The van der Waals surface area contributed by atoms with Gasteiger partial charge in [0.25, 0.3) is 0 Å². The molecule has 2 atom stereocenters. The van der Waals surface area contributed by atoms with Gasteiger partial charge in [-0.05, 0) is 56.4 Å². The number of carbonyl (C=O) groups is 1. The molecule has 2 heterocycles. The molecule has 0 radical (unpaired) electrons. The smallest absolute Gasteiger partial charge is 0.223 e. The lowest BCUT2D eigenvalue weighted by Gasteiger charge is -2.46. The van der Waals surface area contributed by atoms with E-state index in [-0.39, 0.29) is 35.8 Å². The standard InChI is InChI=1S/C21H30N2O3.ClH/c1-14(22)5-6-20(24)23-13-21(7-3-4-8-21)17-12-19-18(25-9-10-26-19)11-16(17)15(23)2;/h11-12,14-15H,3-10,13,22H2,1-2H3;1H. The first-order chi connectivity index (χ1) is 12.5. The molecule has 2 N–H and O–H groups in total. The van der Waals surface area contributed by atoms with Crippen LogP contribution in [0.25, 0.3) is 0 Å². The van der Waals surface area contributed by atoms with Gasteiger partial charge >= 0.3 is 0 Å². The molecule has 150 valence electrons.